The van der Waals surface area contributed by atoms with E-state index >= 15 is 0 Å². The van der Waals surface area contributed by atoms with Crippen molar-refractivity contribution in [3.05, 3.63) is 101 Å². The van der Waals surface area contributed by atoms with Crippen LogP contribution in [0.3, 0.4) is 0 Å². The Balaban J connectivity index is 1.57. The van der Waals surface area contributed by atoms with E-state index in [0.717, 1.165) is 16.8 Å². The fourth-order valence-electron chi connectivity index (χ4n) is 6.56. The summed E-state index contributed by atoms with van der Waals surface area (Å²) in [6.07, 6.45) is 0. The van der Waals surface area contributed by atoms with Crippen LogP contribution < -0.4 is 27.1 Å². The molecule has 9 rings (SSSR count). The summed E-state index contributed by atoms with van der Waals surface area (Å²) in [6.45, 7) is 0. The number of sulfonamides is 1. The lowest BCUT2D eigenvalue weighted by molar-refractivity contribution is 0.464. The summed E-state index contributed by atoms with van der Waals surface area (Å²) in [7, 11) is -16.4. The lowest BCUT2D eigenvalue weighted by Gasteiger charge is -2.11. The zero-order valence-corrected chi connectivity index (χ0v) is 28.4. The van der Waals surface area contributed by atoms with Crippen LogP contribution in [0.25, 0.3) is 43.1 Å². The van der Waals surface area contributed by atoms with Gasteiger partial charge in [0, 0.05) is 37.7 Å². The summed E-state index contributed by atoms with van der Waals surface area (Å²) >= 11 is 0. The molecule has 0 saturated heterocycles. The molecular formula is C32H21N9O8S3. The van der Waals surface area contributed by atoms with Crippen molar-refractivity contribution >= 4 is 96.6 Å². The first kappa shape index (κ1) is 31.9. The van der Waals surface area contributed by atoms with Gasteiger partial charge in [0.05, 0.1) is 5.39 Å². The molecule has 1 aliphatic rings. The molecule has 0 aliphatic carbocycles. The summed E-state index contributed by atoms with van der Waals surface area (Å²) in [5.74, 6) is 0.327. The first-order chi connectivity index (χ1) is 24.7. The second-order valence-electron chi connectivity index (χ2n) is 11.8. The van der Waals surface area contributed by atoms with Gasteiger partial charge in [-0.05, 0) is 6.07 Å². The molecule has 1 aliphatic heterocycles. The molecule has 20 heteroatoms. The fraction of sp³-hybridized carbons (Fsp3) is 0. The van der Waals surface area contributed by atoms with Crippen molar-refractivity contribution in [3.8, 4) is 0 Å². The number of rotatable bonds is 3. The minimum atomic E-state index is -5.69. The molecule has 17 nitrogen and oxygen atoms in total. The van der Waals surface area contributed by atoms with E-state index in [-0.39, 0.29) is 28.0 Å². The highest BCUT2D eigenvalue weighted by Crippen LogP contribution is 2.44. The molecule has 0 fully saturated rings. The van der Waals surface area contributed by atoms with Crippen LogP contribution >= 0.6 is 0 Å². The molecule has 260 valence electrons. The molecule has 8 bridgehead atoms. The summed E-state index contributed by atoms with van der Waals surface area (Å²) < 4.78 is 97.9. The van der Waals surface area contributed by atoms with Gasteiger partial charge in [0.25, 0.3) is 20.2 Å². The number of nitrogens with one attached hydrogen (secondary N) is 4. The third-order valence-electron chi connectivity index (χ3n) is 8.67. The number of primary sulfonamides is 1. The van der Waals surface area contributed by atoms with Gasteiger partial charge >= 0.3 is 0 Å². The van der Waals surface area contributed by atoms with Gasteiger partial charge in [0.15, 0.2) is 0 Å². The predicted octanol–water partition coefficient (Wildman–Crippen LogP) is 2.87. The second kappa shape index (κ2) is 10.7. The van der Waals surface area contributed by atoms with Crippen molar-refractivity contribution in [2.24, 2.45) is 25.1 Å². The zero-order chi connectivity index (χ0) is 36.3. The molecule has 8 aromatic rings. The van der Waals surface area contributed by atoms with Crippen molar-refractivity contribution in [2.75, 3.05) is 0 Å². The van der Waals surface area contributed by atoms with Gasteiger partial charge in [0.2, 0.25) is 10.0 Å². The standard InChI is InChI=1S/C32H21N9O8S3/c33-50(42,43)21-13-20-22(24(52(47,48)49)23(21)51(44,45)46)32-40-30-19-12-6-5-11-18(19)28(38-30)36-26-15-8-2-1-7-14(15)25(34-26)35-27-16-9-3-4-10-17(16)29(37-27)39-31(20)41-32/h1-13H,(H2,33,42,43)(H,44,45,46)(H,47,48,49)(H4,34,35,36,37,38,39,40,41). The van der Waals surface area contributed by atoms with E-state index in [1.165, 1.54) is 0 Å². The molecule has 8 N–H and O–H groups in total. The minimum absolute atomic E-state index is 0.106. The Morgan fingerprint density at radius 1 is 0.462 bits per heavy atom. The van der Waals surface area contributed by atoms with E-state index in [9.17, 15) is 34.4 Å². The average Bonchev–Trinajstić information content (AvgIpc) is 3.82. The van der Waals surface area contributed by atoms with Gasteiger partial charge in [-0.25, -0.2) is 33.5 Å². The first-order valence-corrected chi connectivity index (χ1v) is 19.5. The molecule has 0 atom stereocenters. The maximum atomic E-state index is 13.1. The minimum Gasteiger partial charge on any atom is -0.324 e. The van der Waals surface area contributed by atoms with E-state index in [1.54, 1.807) is 48.5 Å². The molecular weight excluding hydrogens is 735 g/mol. The summed E-state index contributed by atoms with van der Waals surface area (Å²) in [5.41, 5.74) is 0.980. The second-order valence-corrected chi connectivity index (χ2v) is 16.1. The Morgan fingerprint density at radius 2 is 0.808 bits per heavy atom. The van der Waals surface area contributed by atoms with Crippen molar-refractivity contribution in [3.63, 3.8) is 0 Å². The molecule has 0 saturated carbocycles. The number of H-pyrrole nitrogens is 4. The van der Waals surface area contributed by atoms with E-state index in [1.807, 2.05) is 24.3 Å². The monoisotopic (exact) mass is 755 g/mol. The van der Waals surface area contributed by atoms with E-state index in [4.69, 9.17) is 20.1 Å². The Morgan fingerprint density at radius 3 is 1.19 bits per heavy atom. The highest BCUT2D eigenvalue weighted by atomic mass is 32.2. The van der Waals surface area contributed by atoms with Crippen LogP contribution in [0.2, 0.25) is 0 Å². The van der Waals surface area contributed by atoms with Crippen molar-refractivity contribution in [2.45, 2.75) is 14.7 Å². The van der Waals surface area contributed by atoms with Crippen LogP contribution in [0.1, 0.15) is 0 Å². The van der Waals surface area contributed by atoms with E-state index in [0.29, 0.717) is 44.2 Å². The summed E-state index contributed by atoms with van der Waals surface area (Å²) in [5, 5.41) is 8.21. The van der Waals surface area contributed by atoms with Gasteiger partial charge in [-0.2, -0.15) is 16.8 Å². The van der Waals surface area contributed by atoms with Crippen LogP contribution in [0.4, 0.5) is 23.3 Å². The Labute approximate surface area is 290 Å². The Bertz CT molecular complexity index is 3510. The number of nitrogens with zero attached hydrogens (tertiary/aromatic N) is 4. The summed E-state index contributed by atoms with van der Waals surface area (Å²) in [4.78, 5) is 27.1. The third kappa shape index (κ3) is 4.88. The van der Waals surface area contributed by atoms with Crippen LogP contribution in [-0.2, 0) is 30.3 Å². The maximum Gasteiger partial charge on any atom is 0.297 e. The molecule has 0 spiro atoms. The van der Waals surface area contributed by atoms with Gasteiger partial charge in [-0.15, -0.1) is 0 Å². The SMILES string of the molecule is NS(=O)(=O)c1cc2c3[nH]c(c2c(S(=O)(=O)O)c1S(=O)(=O)O)N=c1[nH]c(c2ccccc12)=Nc1[nH]c(c2ccccc12)N=c1[nH]c(c2ccccc12)=N3. The van der Waals surface area contributed by atoms with Crippen LogP contribution in [0, 0.1) is 0 Å². The summed E-state index contributed by atoms with van der Waals surface area (Å²) in [6, 6.07) is 22.3. The van der Waals surface area contributed by atoms with E-state index in [2.05, 4.69) is 24.9 Å². The van der Waals surface area contributed by atoms with Crippen LogP contribution in [-0.4, -0.2) is 54.3 Å². The fourth-order valence-corrected chi connectivity index (χ4v) is 10.0. The number of benzene rings is 4. The number of hydrogen-bond acceptors (Lipinski definition) is 10. The molecule has 4 aromatic heterocycles. The lowest BCUT2D eigenvalue weighted by Crippen LogP contribution is -2.19. The van der Waals surface area contributed by atoms with Gasteiger partial charge in [0.1, 0.15) is 59.9 Å². The van der Waals surface area contributed by atoms with E-state index < -0.39 is 50.3 Å². The van der Waals surface area contributed by atoms with Crippen molar-refractivity contribution in [1.82, 2.24) is 19.9 Å². The number of nitrogens with two attached hydrogens (primary N) is 1. The topological polar surface area (TPSA) is 281 Å². The predicted molar refractivity (Wildman–Crippen MR) is 187 cm³/mol. The molecule has 52 heavy (non-hydrogen) atoms. The first-order valence-electron chi connectivity index (χ1n) is 15.1. The number of fused-ring (bicyclic) bond motifs is 20. The smallest absolute Gasteiger partial charge is 0.297 e. The average molecular weight is 756 g/mol. The van der Waals surface area contributed by atoms with Gasteiger partial charge in [-0.3, -0.25) is 9.11 Å². The Kier molecular flexibility index (Phi) is 6.59. The highest BCUT2D eigenvalue weighted by molar-refractivity contribution is 7.92. The van der Waals surface area contributed by atoms with Crippen molar-refractivity contribution < 1.29 is 34.4 Å². The maximum absolute atomic E-state index is 13.1. The molecule has 5 heterocycles. The number of aromatic nitrogens is 4. The molecule has 0 amide bonds. The Hall–Kier alpha value is -6.03. The lowest BCUT2D eigenvalue weighted by atomic mass is 10.2. The largest absolute Gasteiger partial charge is 0.324 e. The quantitative estimate of drug-likeness (QED) is 0.131. The molecule has 0 unspecified atom stereocenters. The van der Waals surface area contributed by atoms with Crippen LogP contribution in [0.15, 0.2) is 114 Å². The molecule has 4 aromatic carbocycles. The van der Waals surface area contributed by atoms with Crippen LogP contribution in [0.5, 0.6) is 0 Å². The van der Waals surface area contributed by atoms with Crippen molar-refractivity contribution in [1.29, 1.82) is 0 Å². The zero-order valence-electron chi connectivity index (χ0n) is 25.9. The number of hydrogen-bond donors (Lipinski definition) is 7. The normalized spacial score (nSPS) is 13.6. The van der Waals surface area contributed by atoms with Gasteiger partial charge < -0.3 is 19.9 Å². The number of aromatic amines is 4. The highest BCUT2D eigenvalue weighted by Gasteiger charge is 2.36. The van der Waals surface area contributed by atoms with Gasteiger partial charge in [-0.1, -0.05) is 72.8 Å². The molecule has 0 radical (unpaired) electrons. The third-order valence-corrected chi connectivity index (χ3v) is 11.7.